The first-order valence-electron chi connectivity index (χ1n) is 4.65. The van der Waals surface area contributed by atoms with Gasteiger partial charge in [-0.15, -0.1) is 0 Å². The molecule has 3 heteroatoms. The predicted octanol–water partition coefficient (Wildman–Crippen LogP) is 1.22. The lowest BCUT2D eigenvalue weighted by Crippen LogP contribution is -2.48. The van der Waals surface area contributed by atoms with E-state index in [1.165, 1.54) is 0 Å². The van der Waals surface area contributed by atoms with E-state index < -0.39 is 22.7 Å². The third-order valence-corrected chi connectivity index (χ3v) is 3.75. The predicted molar refractivity (Wildman–Crippen MR) is 46.9 cm³/mol. The van der Waals surface area contributed by atoms with Crippen molar-refractivity contribution in [3.63, 3.8) is 0 Å². The Hall–Kier alpha value is -0.590. The molecule has 0 spiro atoms. The van der Waals surface area contributed by atoms with Crippen LogP contribution >= 0.6 is 0 Å². The molecule has 0 aromatic rings. The van der Waals surface area contributed by atoms with Crippen molar-refractivity contribution < 1.29 is 9.84 Å². The molecule has 0 amide bonds. The van der Waals surface area contributed by atoms with Crippen molar-refractivity contribution in [3.05, 3.63) is 0 Å². The summed E-state index contributed by atoms with van der Waals surface area (Å²) in [6, 6.07) is 2.33. The first kappa shape index (κ1) is 8.98. The van der Waals surface area contributed by atoms with E-state index in [9.17, 15) is 5.11 Å². The topological polar surface area (TPSA) is 53.2 Å². The lowest BCUT2D eigenvalue weighted by atomic mass is 9.74. The fourth-order valence-corrected chi connectivity index (χ4v) is 2.80. The molecule has 2 aliphatic rings. The van der Waals surface area contributed by atoms with Crippen LogP contribution in [0.5, 0.6) is 0 Å². The van der Waals surface area contributed by atoms with Gasteiger partial charge in [0.15, 0.2) is 0 Å². The number of aliphatic hydroxyl groups is 1. The van der Waals surface area contributed by atoms with Crippen LogP contribution in [0.2, 0.25) is 0 Å². The Labute approximate surface area is 78.3 Å². The van der Waals surface area contributed by atoms with Crippen LogP contribution in [-0.4, -0.2) is 22.4 Å². The van der Waals surface area contributed by atoms with Crippen molar-refractivity contribution in [1.82, 2.24) is 0 Å². The van der Waals surface area contributed by atoms with Gasteiger partial charge in [0.2, 0.25) is 0 Å². The van der Waals surface area contributed by atoms with Crippen molar-refractivity contribution in [1.29, 1.82) is 5.26 Å². The number of nitrogens with zero attached hydrogens (tertiary/aromatic N) is 1. The molecule has 1 saturated heterocycles. The molecule has 2 rings (SSSR count). The lowest BCUT2D eigenvalue weighted by molar-refractivity contribution is -0.175. The second kappa shape index (κ2) is 2.08. The second-order valence-corrected chi connectivity index (χ2v) is 5.02. The summed E-state index contributed by atoms with van der Waals surface area (Å²) in [5.74, 6) is 0. The maximum atomic E-state index is 9.73. The SMILES string of the molecule is CC1(C)O[C@]2(C)C[C@@]1(C#N)C[C@@H]2O. The van der Waals surface area contributed by atoms with E-state index in [4.69, 9.17) is 10.00 Å². The van der Waals surface area contributed by atoms with Gasteiger partial charge >= 0.3 is 0 Å². The number of rotatable bonds is 0. The zero-order valence-electron chi connectivity index (χ0n) is 8.29. The Balaban J connectivity index is 2.45. The summed E-state index contributed by atoms with van der Waals surface area (Å²) in [5.41, 5.74) is -1.41. The van der Waals surface area contributed by atoms with E-state index >= 15 is 0 Å². The summed E-state index contributed by atoms with van der Waals surface area (Å²) >= 11 is 0. The minimum atomic E-state index is -0.501. The van der Waals surface area contributed by atoms with Crippen molar-refractivity contribution in [3.8, 4) is 6.07 Å². The van der Waals surface area contributed by atoms with E-state index in [-0.39, 0.29) is 0 Å². The Kier molecular flexibility index (Phi) is 1.43. The van der Waals surface area contributed by atoms with Gasteiger partial charge in [0.1, 0.15) is 0 Å². The smallest absolute Gasteiger partial charge is 0.0937 e. The molecule has 1 aliphatic carbocycles. The van der Waals surface area contributed by atoms with Gasteiger partial charge in [-0.05, 0) is 27.2 Å². The maximum absolute atomic E-state index is 9.73. The molecule has 0 unspecified atom stereocenters. The van der Waals surface area contributed by atoms with Crippen LogP contribution in [0.25, 0.3) is 0 Å². The standard InChI is InChI=1S/C10H15NO2/c1-8(2)10(6-11)4-7(12)9(3,5-10)13-8/h7,12H,4-5H2,1-3H3/t7-,9+,10+/m0/s1. The van der Waals surface area contributed by atoms with Gasteiger partial charge in [0.05, 0.1) is 28.8 Å². The first-order chi connectivity index (χ1) is 5.85. The van der Waals surface area contributed by atoms with Crippen molar-refractivity contribution in [2.24, 2.45) is 5.41 Å². The summed E-state index contributed by atoms with van der Waals surface area (Å²) in [6.45, 7) is 5.77. The van der Waals surface area contributed by atoms with Gasteiger partial charge in [-0.25, -0.2) is 0 Å². The van der Waals surface area contributed by atoms with Gasteiger partial charge in [0.25, 0.3) is 0 Å². The number of hydrogen-bond donors (Lipinski definition) is 1. The summed E-state index contributed by atoms with van der Waals surface area (Å²) in [5, 5.41) is 18.9. The highest BCUT2D eigenvalue weighted by Gasteiger charge is 2.68. The summed E-state index contributed by atoms with van der Waals surface area (Å²) in [4.78, 5) is 0. The highest BCUT2D eigenvalue weighted by atomic mass is 16.5. The zero-order valence-corrected chi connectivity index (χ0v) is 8.29. The zero-order chi connectivity index (χ0) is 9.91. The molecular formula is C10H15NO2. The normalized spacial score (nSPS) is 52.1. The van der Waals surface area contributed by atoms with Gasteiger partial charge in [0, 0.05) is 6.42 Å². The molecule has 0 radical (unpaired) electrons. The van der Waals surface area contributed by atoms with Crippen molar-refractivity contribution in [2.75, 3.05) is 0 Å². The molecule has 1 aliphatic heterocycles. The Morgan fingerprint density at radius 2 is 2.08 bits per heavy atom. The fraction of sp³-hybridized carbons (Fsp3) is 0.900. The summed E-state index contributed by atoms with van der Waals surface area (Å²) in [7, 11) is 0. The third-order valence-electron chi connectivity index (χ3n) is 3.75. The monoisotopic (exact) mass is 181 g/mol. The molecule has 0 aromatic heterocycles. The minimum absolute atomic E-state index is 0.421. The van der Waals surface area contributed by atoms with E-state index in [1.807, 2.05) is 20.8 Å². The lowest BCUT2D eigenvalue weighted by Gasteiger charge is -2.40. The average Bonchev–Trinajstić information content (AvgIpc) is 2.34. The second-order valence-electron chi connectivity index (χ2n) is 5.02. The van der Waals surface area contributed by atoms with Crippen LogP contribution in [0.15, 0.2) is 0 Å². The number of hydrogen-bond acceptors (Lipinski definition) is 3. The molecule has 3 nitrogen and oxygen atoms in total. The van der Waals surface area contributed by atoms with Crippen molar-refractivity contribution in [2.45, 2.75) is 50.9 Å². The molecule has 2 bridgehead atoms. The molecule has 1 heterocycles. The highest BCUT2D eigenvalue weighted by molar-refractivity contribution is 5.24. The molecule has 1 saturated carbocycles. The fourth-order valence-electron chi connectivity index (χ4n) is 2.80. The van der Waals surface area contributed by atoms with Crippen LogP contribution in [-0.2, 0) is 4.74 Å². The van der Waals surface area contributed by atoms with Crippen LogP contribution in [0, 0.1) is 16.7 Å². The average molecular weight is 181 g/mol. The Bertz CT molecular complexity index is 294. The molecular weight excluding hydrogens is 166 g/mol. The molecule has 72 valence electrons. The van der Waals surface area contributed by atoms with Crippen molar-refractivity contribution >= 4 is 0 Å². The van der Waals surface area contributed by atoms with Crippen LogP contribution in [0.4, 0.5) is 0 Å². The Morgan fingerprint density at radius 1 is 1.46 bits per heavy atom. The summed E-state index contributed by atoms with van der Waals surface area (Å²) in [6.07, 6.45) is 0.720. The van der Waals surface area contributed by atoms with Crippen LogP contribution in [0.1, 0.15) is 33.6 Å². The number of fused-ring (bicyclic) bond motifs is 2. The largest absolute Gasteiger partial charge is 0.390 e. The van der Waals surface area contributed by atoms with E-state index in [0.29, 0.717) is 12.8 Å². The number of nitriles is 1. The van der Waals surface area contributed by atoms with Gasteiger partial charge in [-0.2, -0.15) is 5.26 Å². The molecule has 1 N–H and O–H groups in total. The molecule has 3 atom stereocenters. The van der Waals surface area contributed by atoms with Gasteiger partial charge < -0.3 is 9.84 Å². The van der Waals surface area contributed by atoms with E-state index in [2.05, 4.69) is 6.07 Å². The highest BCUT2D eigenvalue weighted by Crippen LogP contribution is 2.61. The molecule has 2 fully saturated rings. The first-order valence-corrected chi connectivity index (χ1v) is 4.65. The molecule has 13 heavy (non-hydrogen) atoms. The number of aliphatic hydroxyl groups excluding tert-OH is 1. The van der Waals surface area contributed by atoms with Crippen LogP contribution in [0.3, 0.4) is 0 Å². The van der Waals surface area contributed by atoms with Gasteiger partial charge in [-0.3, -0.25) is 0 Å². The Morgan fingerprint density at radius 3 is 2.38 bits per heavy atom. The van der Waals surface area contributed by atoms with Gasteiger partial charge in [-0.1, -0.05) is 0 Å². The third kappa shape index (κ3) is 0.853. The summed E-state index contributed by atoms with van der Waals surface area (Å²) < 4.78 is 5.77. The van der Waals surface area contributed by atoms with E-state index in [0.717, 1.165) is 0 Å². The van der Waals surface area contributed by atoms with E-state index in [1.54, 1.807) is 0 Å². The van der Waals surface area contributed by atoms with Crippen LogP contribution < -0.4 is 0 Å². The quantitative estimate of drug-likeness (QED) is 0.611. The maximum Gasteiger partial charge on any atom is 0.0937 e. The minimum Gasteiger partial charge on any atom is -0.390 e. The number of ether oxygens (including phenoxy) is 1. The molecule has 0 aromatic carbocycles.